The van der Waals surface area contributed by atoms with E-state index in [0.717, 1.165) is 29.6 Å². The average molecular weight is 327 g/mol. The number of imide groups is 1. The summed E-state index contributed by atoms with van der Waals surface area (Å²) in [7, 11) is 0. The zero-order valence-electron chi connectivity index (χ0n) is 13.7. The molecule has 3 N–H and O–H groups in total. The molecule has 4 rings (SSSR count). The van der Waals surface area contributed by atoms with E-state index in [4.69, 9.17) is 0 Å². The molecule has 0 aliphatic carbocycles. The van der Waals surface area contributed by atoms with Gasteiger partial charge >= 0.3 is 6.03 Å². The van der Waals surface area contributed by atoms with Gasteiger partial charge in [0.15, 0.2) is 6.67 Å². The number of nitrogens with zero attached hydrogens (tertiary/aromatic N) is 1. The minimum absolute atomic E-state index is 0.0941. The summed E-state index contributed by atoms with van der Waals surface area (Å²) >= 11 is 0. The first-order valence-electron chi connectivity index (χ1n) is 8.73. The molecule has 0 unspecified atom stereocenters. The summed E-state index contributed by atoms with van der Waals surface area (Å²) in [5, 5.41) is 3.97. The number of urea groups is 1. The quantitative estimate of drug-likeness (QED) is 0.722. The zero-order valence-corrected chi connectivity index (χ0v) is 13.7. The third-order valence-corrected chi connectivity index (χ3v) is 5.15. The summed E-state index contributed by atoms with van der Waals surface area (Å²) in [5.74, 6) is -0.0941. The topological polar surface area (TPSA) is 69.6 Å². The van der Waals surface area contributed by atoms with E-state index in [0.29, 0.717) is 13.1 Å². The molecule has 3 amide bonds. The van der Waals surface area contributed by atoms with Crippen LogP contribution in [0.2, 0.25) is 0 Å². The number of aromatic nitrogens is 1. The van der Waals surface area contributed by atoms with Gasteiger partial charge in [-0.05, 0) is 30.9 Å². The van der Waals surface area contributed by atoms with Crippen LogP contribution in [0.25, 0.3) is 10.9 Å². The van der Waals surface area contributed by atoms with Crippen LogP contribution in [0, 0.1) is 0 Å². The number of carbonyl (C=O) groups is 2. The Balaban J connectivity index is 1.46. The van der Waals surface area contributed by atoms with E-state index >= 15 is 0 Å². The number of hydrogen-bond donors (Lipinski definition) is 3. The first-order valence-corrected chi connectivity index (χ1v) is 8.73. The fourth-order valence-corrected chi connectivity index (χ4v) is 3.82. The molecule has 2 aliphatic rings. The monoisotopic (exact) mass is 327 g/mol. The minimum atomic E-state index is -0.458. The van der Waals surface area contributed by atoms with Gasteiger partial charge in [0.2, 0.25) is 0 Å². The Kier molecular flexibility index (Phi) is 3.98. The second-order valence-electron chi connectivity index (χ2n) is 6.80. The largest absolute Gasteiger partial charge is 0.361 e. The number of hydrogen-bond acceptors (Lipinski definition) is 2. The predicted molar refractivity (Wildman–Crippen MR) is 90.6 cm³/mol. The van der Waals surface area contributed by atoms with E-state index in [1.807, 2.05) is 30.5 Å². The van der Waals surface area contributed by atoms with Crippen LogP contribution in [0.1, 0.15) is 24.8 Å². The first kappa shape index (κ1) is 15.2. The zero-order chi connectivity index (χ0) is 16.5. The number of aromatic amines is 1. The van der Waals surface area contributed by atoms with Crippen LogP contribution in [-0.2, 0) is 11.2 Å². The number of amides is 3. The Morgan fingerprint density at radius 1 is 1.12 bits per heavy atom. The number of benzene rings is 1. The number of fused-ring (bicyclic) bond motifs is 1. The van der Waals surface area contributed by atoms with Crippen LogP contribution in [0.4, 0.5) is 4.79 Å². The maximum Gasteiger partial charge on any atom is 0.329 e. The van der Waals surface area contributed by atoms with Crippen molar-refractivity contribution >= 4 is 22.8 Å². The maximum absolute atomic E-state index is 12.7. The van der Waals surface area contributed by atoms with E-state index in [-0.39, 0.29) is 11.9 Å². The minimum Gasteiger partial charge on any atom is -0.361 e. The fourth-order valence-electron chi connectivity index (χ4n) is 3.82. The van der Waals surface area contributed by atoms with Gasteiger partial charge in [-0.25, -0.2) is 9.69 Å². The molecule has 24 heavy (non-hydrogen) atoms. The van der Waals surface area contributed by atoms with Crippen molar-refractivity contribution in [3.05, 3.63) is 36.0 Å². The van der Waals surface area contributed by atoms with Crippen molar-refractivity contribution in [2.24, 2.45) is 0 Å². The average Bonchev–Trinajstić information content (AvgIpc) is 3.13. The lowest BCUT2D eigenvalue weighted by Crippen LogP contribution is -3.14. The molecule has 1 aromatic heterocycles. The molecule has 0 radical (unpaired) electrons. The van der Waals surface area contributed by atoms with E-state index in [2.05, 4.69) is 10.3 Å². The number of quaternary nitrogens is 1. The van der Waals surface area contributed by atoms with E-state index < -0.39 is 6.04 Å². The van der Waals surface area contributed by atoms with Gasteiger partial charge < -0.3 is 15.2 Å². The van der Waals surface area contributed by atoms with Crippen LogP contribution in [-0.4, -0.2) is 47.6 Å². The molecule has 3 heterocycles. The Morgan fingerprint density at radius 3 is 2.75 bits per heavy atom. The summed E-state index contributed by atoms with van der Waals surface area (Å²) in [6, 6.07) is 7.32. The van der Waals surface area contributed by atoms with Crippen molar-refractivity contribution < 1.29 is 14.5 Å². The Morgan fingerprint density at radius 2 is 1.92 bits per heavy atom. The fraction of sp³-hybridized carbons (Fsp3) is 0.444. The molecular formula is C18H23N4O2+. The number of piperidine rings is 1. The highest BCUT2D eigenvalue weighted by Gasteiger charge is 2.40. The van der Waals surface area contributed by atoms with Crippen LogP contribution in [0.5, 0.6) is 0 Å². The van der Waals surface area contributed by atoms with Crippen molar-refractivity contribution in [1.29, 1.82) is 0 Å². The molecule has 0 spiro atoms. The number of rotatable bonds is 4. The van der Waals surface area contributed by atoms with Crippen molar-refractivity contribution in [1.82, 2.24) is 15.2 Å². The van der Waals surface area contributed by atoms with Gasteiger partial charge in [-0.3, -0.25) is 4.79 Å². The number of carbonyl (C=O) groups excluding carboxylic acids is 2. The van der Waals surface area contributed by atoms with Gasteiger partial charge in [-0.15, -0.1) is 0 Å². The van der Waals surface area contributed by atoms with Gasteiger partial charge in [0.1, 0.15) is 6.04 Å². The standard InChI is InChI=1S/C18H22N4O2/c23-17-16(10-13-11-19-15-7-3-2-6-14(13)15)20-18(24)22(17)12-21-8-4-1-5-9-21/h2-3,6-7,11,16,19H,1,4-5,8-10,12H2,(H,20,24)/p+1/t16-/m0/s1. The van der Waals surface area contributed by atoms with Gasteiger partial charge in [-0.1, -0.05) is 18.2 Å². The van der Waals surface area contributed by atoms with E-state index in [1.165, 1.54) is 29.1 Å². The molecule has 6 heteroatoms. The third kappa shape index (κ3) is 2.78. The lowest BCUT2D eigenvalue weighted by atomic mass is 10.1. The summed E-state index contributed by atoms with van der Waals surface area (Å²) in [6.07, 6.45) is 6.07. The lowest BCUT2D eigenvalue weighted by molar-refractivity contribution is -0.912. The SMILES string of the molecule is O=C1N[C@@H](Cc2c[nH]c3ccccc23)C(=O)N1C[NH+]1CCCCC1. The van der Waals surface area contributed by atoms with Crippen molar-refractivity contribution in [2.75, 3.05) is 19.8 Å². The molecule has 2 saturated heterocycles. The highest BCUT2D eigenvalue weighted by atomic mass is 16.2. The number of H-pyrrole nitrogens is 1. The normalized spacial score (nSPS) is 22.3. The summed E-state index contributed by atoms with van der Waals surface area (Å²) < 4.78 is 0. The molecule has 126 valence electrons. The van der Waals surface area contributed by atoms with Crippen LogP contribution >= 0.6 is 0 Å². The molecule has 2 aliphatic heterocycles. The van der Waals surface area contributed by atoms with Crippen molar-refractivity contribution in [2.45, 2.75) is 31.7 Å². The maximum atomic E-state index is 12.7. The van der Waals surface area contributed by atoms with Crippen molar-refractivity contribution in [3.8, 4) is 0 Å². The van der Waals surface area contributed by atoms with Gasteiger partial charge in [0, 0.05) is 23.5 Å². The molecule has 0 saturated carbocycles. The smallest absolute Gasteiger partial charge is 0.329 e. The molecular weight excluding hydrogens is 304 g/mol. The second-order valence-corrected chi connectivity index (χ2v) is 6.80. The predicted octanol–water partition coefficient (Wildman–Crippen LogP) is 0.657. The third-order valence-electron chi connectivity index (χ3n) is 5.15. The molecule has 2 fully saturated rings. The van der Waals surface area contributed by atoms with Gasteiger partial charge in [0.05, 0.1) is 13.1 Å². The van der Waals surface area contributed by atoms with Gasteiger partial charge in [0.25, 0.3) is 5.91 Å². The van der Waals surface area contributed by atoms with Gasteiger partial charge in [-0.2, -0.15) is 0 Å². The molecule has 2 aromatic rings. The number of para-hydroxylation sites is 1. The number of likely N-dealkylation sites (tertiary alicyclic amines) is 1. The second kappa shape index (κ2) is 6.28. The Hall–Kier alpha value is -2.34. The number of nitrogens with one attached hydrogen (secondary N) is 3. The van der Waals surface area contributed by atoms with E-state index in [9.17, 15) is 9.59 Å². The van der Waals surface area contributed by atoms with Crippen LogP contribution in [0.15, 0.2) is 30.5 Å². The summed E-state index contributed by atoms with van der Waals surface area (Å²) in [6.45, 7) is 2.59. The van der Waals surface area contributed by atoms with Crippen molar-refractivity contribution in [3.63, 3.8) is 0 Å². The molecule has 0 bridgehead atoms. The highest BCUT2D eigenvalue weighted by Crippen LogP contribution is 2.20. The molecule has 1 atom stereocenters. The highest BCUT2D eigenvalue weighted by molar-refractivity contribution is 6.04. The molecule has 6 nitrogen and oxygen atoms in total. The summed E-state index contributed by atoms with van der Waals surface area (Å²) in [4.78, 5) is 30.9. The Labute approximate surface area is 140 Å². The lowest BCUT2D eigenvalue weighted by Gasteiger charge is -2.26. The summed E-state index contributed by atoms with van der Waals surface area (Å²) in [5.41, 5.74) is 2.12. The van der Waals surface area contributed by atoms with E-state index in [1.54, 1.807) is 0 Å². The first-order chi connectivity index (χ1) is 11.7. The molecule has 1 aromatic carbocycles. The van der Waals surface area contributed by atoms with Crippen LogP contribution in [0.3, 0.4) is 0 Å². The Bertz CT molecular complexity index is 763. The van der Waals surface area contributed by atoms with Crippen LogP contribution < -0.4 is 10.2 Å².